The largest absolute Gasteiger partial charge is 0.460 e. The van der Waals surface area contributed by atoms with Gasteiger partial charge in [0, 0.05) is 26.1 Å². The average molecular weight is 479 g/mol. The van der Waals surface area contributed by atoms with Crippen molar-refractivity contribution in [1.29, 1.82) is 0 Å². The van der Waals surface area contributed by atoms with Crippen molar-refractivity contribution in [2.45, 2.75) is 61.4 Å². The highest BCUT2D eigenvalue weighted by atomic mass is 32.2. The molecule has 0 aromatic rings. The van der Waals surface area contributed by atoms with Crippen LogP contribution >= 0.6 is 11.8 Å². The van der Waals surface area contributed by atoms with Gasteiger partial charge in [0.1, 0.15) is 0 Å². The maximum Gasteiger partial charge on any atom is 0.460 e. The minimum atomic E-state index is -7.89. The van der Waals surface area contributed by atoms with Gasteiger partial charge in [-0.2, -0.15) is 57.1 Å². The Morgan fingerprint density at radius 3 is 1.52 bits per heavy atom. The second-order valence-electron chi connectivity index (χ2n) is 5.85. The molecule has 0 N–H and O–H groups in total. The Bertz CT molecular complexity index is 590. The quantitative estimate of drug-likeness (QED) is 0.314. The van der Waals surface area contributed by atoms with Crippen LogP contribution in [0.15, 0.2) is 0 Å². The van der Waals surface area contributed by atoms with Crippen molar-refractivity contribution in [3.63, 3.8) is 0 Å². The van der Waals surface area contributed by atoms with Gasteiger partial charge in [0.2, 0.25) is 5.91 Å². The van der Waals surface area contributed by atoms with Gasteiger partial charge >= 0.3 is 35.8 Å². The molecule has 1 unspecified atom stereocenters. The number of amides is 1. The van der Waals surface area contributed by atoms with Gasteiger partial charge in [-0.1, -0.05) is 0 Å². The zero-order chi connectivity index (χ0) is 23.9. The number of hydrogen-bond acceptors (Lipinski definition) is 2. The maximum absolute atomic E-state index is 13.5. The van der Waals surface area contributed by atoms with Crippen LogP contribution in [0.2, 0.25) is 0 Å². The van der Waals surface area contributed by atoms with Crippen molar-refractivity contribution in [3.05, 3.63) is 0 Å². The third kappa shape index (κ3) is 4.81. The van der Waals surface area contributed by atoms with Crippen LogP contribution in [-0.4, -0.2) is 64.8 Å². The first kappa shape index (κ1) is 27.9. The molecule has 0 bridgehead atoms. The molecule has 29 heavy (non-hydrogen) atoms. The number of hydrogen-bond donors (Lipinski definition) is 0. The van der Waals surface area contributed by atoms with Crippen molar-refractivity contribution in [2.24, 2.45) is 0 Å². The van der Waals surface area contributed by atoms with E-state index in [0.717, 1.165) is 18.9 Å². The van der Waals surface area contributed by atoms with Gasteiger partial charge in [-0.05, 0) is 6.92 Å². The first-order valence-electron chi connectivity index (χ1n) is 7.30. The molecule has 0 saturated heterocycles. The molecule has 0 heterocycles. The van der Waals surface area contributed by atoms with Crippen LogP contribution in [0.3, 0.4) is 0 Å². The second kappa shape index (κ2) is 8.21. The Balaban J connectivity index is 5.68. The van der Waals surface area contributed by atoms with Crippen molar-refractivity contribution in [2.75, 3.05) is 12.8 Å². The van der Waals surface area contributed by atoms with Crippen LogP contribution < -0.4 is 0 Å². The highest BCUT2D eigenvalue weighted by Gasteiger charge is 2.90. The average Bonchev–Trinajstić information content (AvgIpc) is 2.51. The SMILES string of the molecule is CC(=O)N(C)C(C)SCCC(F)(F)C(F)(F)C(F)(F)C(F)(F)C(F)(F)C(F)(F)F. The fourth-order valence-electron chi connectivity index (χ4n) is 1.68. The standard InChI is InChI=1S/C13H14F13NOS/c1-6(28)27(3)7(2)29-5-4-8(14,15)9(16,17)10(18,19)11(20,21)12(22,23)13(24,25)26/h7H,4-5H2,1-3H3. The van der Waals surface area contributed by atoms with Gasteiger partial charge in [-0.3, -0.25) is 4.79 Å². The van der Waals surface area contributed by atoms with Gasteiger partial charge in [0.25, 0.3) is 0 Å². The van der Waals surface area contributed by atoms with Crippen LogP contribution in [0.5, 0.6) is 0 Å². The van der Waals surface area contributed by atoms with E-state index in [-0.39, 0.29) is 0 Å². The molecular weight excluding hydrogens is 465 g/mol. The summed E-state index contributed by atoms with van der Waals surface area (Å²) in [5.74, 6) is -38.5. The van der Waals surface area contributed by atoms with Gasteiger partial charge in [-0.15, -0.1) is 11.8 Å². The topological polar surface area (TPSA) is 20.3 Å². The molecule has 2 nitrogen and oxygen atoms in total. The summed E-state index contributed by atoms with van der Waals surface area (Å²) in [5, 5.41) is -0.964. The molecule has 174 valence electrons. The Kier molecular flexibility index (Phi) is 7.90. The molecule has 0 saturated carbocycles. The van der Waals surface area contributed by atoms with Gasteiger partial charge in [-0.25, -0.2) is 0 Å². The molecular formula is C13H14F13NOS. The van der Waals surface area contributed by atoms with E-state index < -0.39 is 59.2 Å². The molecule has 0 radical (unpaired) electrons. The molecule has 0 rings (SSSR count). The summed E-state index contributed by atoms with van der Waals surface area (Å²) in [6.07, 6.45) is -9.71. The normalized spacial score (nSPS) is 16.0. The fourth-order valence-corrected chi connectivity index (χ4v) is 2.77. The molecule has 0 aromatic heterocycles. The number of thioether (sulfide) groups is 1. The lowest BCUT2D eigenvalue weighted by molar-refractivity contribution is -0.439. The van der Waals surface area contributed by atoms with Crippen molar-refractivity contribution < 1.29 is 61.9 Å². The molecule has 0 aliphatic carbocycles. The highest BCUT2D eigenvalue weighted by Crippen LogP contribution is 2.60. The van der Waals surface area contributed by atoms with E-state index >= 15 is 0 Å². The fraction of sp³-hybridized carbons (Fsp3) is 0.923. The molecule has 0 spiro atoms. The summed E-state index contributed by atoms with van der Waals surface area (Å²) in [6.45, 7) is 2.23. The first-order chi connectivity index (χ1) is 12.5. The summed E-state index contributed by atoms with van der Waals surface area (Å²) < 4.78 is 168. The highest BCUT2D eigenvalue weighted by molar-refractivity contribution is 7.99. The number of carbonyl (C=O) groups excluding carboxylic acids is 1. The van der Waals surface area contributed by atoms with E-state index in [1.54, 1.807) is 0 Å². The predicted molar refractivity (Wildman–Crippen MR) is 75.8 cm³/mol. The molecule has 1 atom stereocenters. The number of rotatable bonds is 9. The smallest absolute Gasteiger partial charge is 0.334 e. The number of halogens is 13. The third-order valence-electron chi connectivity index (χ3n) is 3.82. The lowest BCUT2D eigenvalue weighted by Gasteiger charge is -2.39. The Morgan fingerprint density at radius 1 is 0.793 bits per heavy atom. The van der Waals surface area contributed by atoms with E-state index in [4.69, 9.17) is 0 Å². The predicted octanol–water partition coefficient (Wildman–Crippen LogP) is 5.67. The summed E-state index contributed by atoms with van der Waals surface area (Å²) in [4.78, 5) is 11.9. The Morgan fingerprint density at radius 2 is 1.17 bits per heavy atom. The Hall–Kier alpha value is -1.09. The summed E-state index contributed by atoms with van der Waals surface area (Å²) >= 11 is 0.315. The minimum Gasteiger partial charge on any atom is -0.334 e. The summed E-state index contributed by atoms with van der Waals surface area (Å²) in [6, 6.07) is 0. The molecule has 1 amide bonds. The van der Waals surface area contributed by atoms with Gasteiger partial charge in [0.05, 0.1) is 5.37 Å². The van der Waals surface area contributed by atoms with Crippen LogP contribution in [0.1, 0.15) is 20.3 Å². The van der Waals surface area contributed by atoms with Crippen LogP contribution in [-0.2, 0) is 4.79 Å². The van der Waals surface area contributed by atoms with Crippen molar-refractivity contribution >= 4 is 17.7 Å². The third-order valence-corrected chi connectivity index (χ3v) is 5.05. The zero-order valence-electron chi connectivity index (χ0n) is 14.7. The molecule has 0 aliphatic rings. The number of carbonyl (C=O) groups is 1. The van der Waals surface area contributed by atoms with Gasteiger partial charge in [0.15, 0.2) is 0 Å². The number of nitrogens with zero attached hydrogens (tertiary/aromatic N) is 1. The summed E-state index contributed by atoms with van der Waals surface area (Å²) in [7, 11) is 1.15. The molecule has 16 heteroatoms. The first-order valence-corrected chi connectivity index (χ1v) is 8.34. The van der Waals surface area contributed by atoms with E-state index in [0.29, 0.717) is 11.8 Å². The molecule has 0 aliphatic heterocycles. The van der Waals surface area contributed by atoms with Crippen LogP contribution in [0, 0.1) is 0 Å². The lowest BCUT2D eigenvalue weighted by Crippen LogP contribution is -2.70. The molecule has 0 fully saturated rings. The van der Waals surface area contributed by atoms with E-state index in [1.165, 1.54) is 6.92 Å². The summed E-state index contributed by atoms with van der Waals surface area (Å²) in [5.41, 5.74) is 0. The lowest BCUT2D eigenvalue weighted by atomic mass is 9.93. The zero-order valence-corrected chi connectivity index (χ0v) is 15.5. The Labute approximate surface area is 159 Å². The van der Waals surface area contributed by atoms with Crippen molar-refractivity contribution in [3.8, 4) is 0 Å². The van der Waals surface area contributed by atoms with E-state index in [2.05, 4.69) is 0 Å². The van der Waals surface area contributed by atoms with Crippen molar-refractivity contribution in [1.82, 2.24) is 4.90 Å². The maximum atomic E-state index is 13.5. The van der Waals surface area contributed by atoms with E-state index in [9.17, 15) is 61.9 Å². The second-order valence-corrected chi connectivity index (χ2v) is 7.27. The van der Waals surface area contributed by atoms with Gasteiger partial charge < -0.3 is 4.90 Å². The van der Waals surface area contributed by atoms with Crippen LogP contribution in [0.25, 0.3) is 0 Å². The van der Waals surface area contributed by atoms with Crippen LogP contribution in [0.4, 0.5) is 57.1 Å². The minimum absolute atomic E-state index is 0.315. The van der Waals surface area contributed by atoms with E-state index in [1.807, 2.05) is 0 Å². The molecule has 0 aromatic carbocycles. The monoisotopic (exact) mass is 479 g/mol. The number of alkyl halides is 13.